The van der Waals surface area contributed by atoms with Crippen LogP contribution >= 0.6 is 0 Å². The van der Waals surface area contributed by atoms with Crippen molar-refractivity contribution >= 4 is 49.8 Å². The third-order valence-corrected chi connectivity index (χ3v) is 8.33. The summed E-state index contributed by atoms with van der Waals surface area (Å²) in [6.45, 7) is 4.28. The third-order valence-electron chi connectivity index (χ3n) is 8.33. The number of aromatic nitrogens is 6. The standard InChI is InChI=1S/C37H24N6O.Pt/c1-23-9-7-10-24(2)35(23)42-31-18-16-26(22-33(31)43-36-29(40-37(42)43)12-8-20-39-36)44-25-15-17-28-27-11-3-4-13-30(27)41(32(28)21-25)34-14-5-6-19-38-34;/h3-20H,1-2H3;/q-2;+2/p+1. The van der Waals surface area contributed by atoms with Gasteiger partial charge in [-0.3, -0.25) is 0 Å². The number of para-hydroxylation sites is 2. The van der Waals surface area contributed by atoms with E-state index in [1.807, 2.05) is 60.9 Å². The predicted octanol–water partition coefficient (Wildman–Crippen LogP) is 7.74. The molecule has 9 aromatic rings. The topological polar surface area (TPSA) is 64.0 Å². The molecule has 4 aromatic carbocycles. The molecule has 0 aliphatic carbocycles. The molecule has 9 rings (SSSR count). The second-order valence-electron chi connectivity index (χ2n) is 11.0. The summed E-state index contributed by atoms with van der Waals surface area (Å²) in [5.41, 5.74) is 9.13. The van der Waals surface area contributed by atoms with Crippen molar-refractivity contribution in [2.75, 3.05) is 0 Å². The van der Waals surface area contributed by atoms with E-state index < -0.39 is 0 Å². The molecule has 0 aliphatic rings. The van der Waals surface area contributed by atoms with E-state index in [4.69, 9.17) is 9.72 Å². The maximum Gasteiger partial charge on any atom is 2.00 e. The van der Waals surface area contributed by atoms with E-state index in [1.54, 1.807) is 0 Å². The first kappa shape index (κ1) is 27.3. The van der Waals surface area contributed by atoms with E-state index in [1.165, 1.54) is 11.1 Å². The van der Waals surface area contributed by atoms with Gasteiger partial charge in [-0.15, -0.1) is 29.7 Å². The van der Waals surface area contributed by atoms with Crippen molar-refractivity contribution in [3.05, 3.63) is 133 Å². The molecule has 0 aliphatic heterocycles. The molecule has 0 atom stereocenters. The van der Waals surface area contributed by atoms with Crippen molar-refractivity contribution in [1.29, 1.82) is 0 Å². The molecular formula is C37H25N6OPt+. The first-order valence-electron chi connectivity index (χ1n) is 14.5. The number of pyridine rings is 2. The number of ether oxygens (including phenoxy) is 1. The normalized spacial score (nSPS) is 11.6. The summed E-state index contributed by atoms with van der Waals surface area (Å²) in [6.07, 6.45) is 3.62. The number of rotatable bonds is 4. The van der Waals surface area contributed by atoms with E-state index in [9.17, 15) is 0 Å². The van der Waals surface area contributed by atoms with Crippen LogP contribution in [0.15, 0.2) is 109 Å². The van der Waals surface area contributed by atoms with E-state index in [2.05, 4.69) is 98.0 Å². The largest absolute Gasteiger partial charge is 2.00 e. The number of nitrogens with one attached hydrogen (secondary N) is 1. The fourth-order valence-electron chi connectivity index (χ4n) is 6.46. The Balaban J connectivity index is 0.00000300. The zero-order chi connectivity index (χ0) is 29.4. The van der Waals surface area contributed by atoms with Crippen LogP contribution in [0.3, 0.4) is 0 Å². The van der Waals surface area contributed by atoms with Crippen molar-refractivity contribution in [1.82, 2.24) is 23.9 Å². The van der Waals surface area contributed by atoms with E-state index in [0.29, 0.717) is 11.5 Å². The number of benzene rings is 4. The van der Waals surface area contributed by atoms with Gasteiger partial charge in [0.2, 0.25) is 5.65 Å². The number of hydrogen-bond acceptors (Lipinski definition) is 3. The van der Waals surface area contributed by atoms with Gasteiger partial charge in [0.25, 0.3) is 0 Å². The number of nitrogens with zero attached hydrogens (tertiary/aromatic N) is 5. The molecule has 0 unspecified atom stereocenters. The van der Waals surface area contributed by atoms with Crippen LogP contribution in [0.25, 0.3) is 61.3 Å². The van der Waals surface area contributed by atoms with Gasteiger partial charge >= 0.3 is 26.8 Å². The zero-order valence-electron chi connectivity index (χ0n) is 24.4. The van der Waals surface area contributed by atoms with E-state index in [0.717, 1.165) is 61.3 Å². The monoisotopic (exact) mass is 764 g/mol. The molecule has 0 radical (unpaired) electrons. The summed E-state index contributed by atoms with van der Waals surface area (Å²) < 4.78 is 13.0. The molecule has 0 spiro atoms. The van der Waals surface area contributed by atoms with Crippen molar-refractivity contribution in [3.8, 4) is 23.0 Å². The minimum Gasteiger partial charge on any atom is -0.509 e. The van der Waals surface area contributed by atoms with E-state index in [-0.39, 0.29) is 21.1 Å². The summed E-state index contributed by atoms with van der Waals surface area (Å²) >= 11 is 0. The fraction of sp³-hybridized carbons (Fsp3) is 0.0541. The van der Waals surface area contributed by atoms with Crippen LogP contribution in [0.4, 0.5) is 0 Å². The number of fused-ring (bicyclic) bond motifs is 8. The fourth-order valence-corrected chi connectivity index (χ4v) is 6.46. The van der Waals surface area contributed by atoms with Crippen LogP contribution in [0.1, 0.15) is 11.1 Å². The van der Waals surface area contributed by atoms with Crippen LogP contribution in [0.2, 0.25) is 0 Å². The van der Waals surface area contributed by atoms with Gasteiger partial charge in [0.05, 0.1) is 0 Å². The number of imidazole rings is 2. The molecular weight excluding hydrogens is 740 g/mol. The molecule has 218 valence electrons. The summed E-state index contributed by atoms with van der Waals surface area (Å²) in [5.74, 6) is 2.93. The van der Waals surface area contributed by atoms with E-state index >= 15 is 0 Å². The Bertz CT molecular complexity index is 2540. The molecule has 5 heterocycles. The van der Waals surface area contributed by atoms with Gasteiger partial charge < -0.3 is 9.30 Å². The Morgan fingerprint density at radius 1 is 0.711 bits per heavy atom. The summed E-state index contributed by atoms with van der Waals surface area (Å²) in [7, 11) is 0. The van der Waals surface area contributed by atoms with Crippen LogP contribution < -0.4 is 9.30 Å². The Labute approximate surface area is 272 Å². The molecule has 0 fully saturated rings. The Morgan fingerprint density at radius 3 is 2.29 bits per heavy atom. The second-order valence-corrected chi connectivity index (χ2v) is 11.0. The molecule has 0 saturated heterocycles. The number of aromatic amines is 1. The van der Waals surface area contributed by atoms with Crippen molar-refractivity contribution in [2.24, 2.45) is 0 Å². The number of aryl methyl sites for hydroxylation is 2. The first-order chi connectivity index (χ1) is 21.7. The molecule has 45 heavy (non-hydrogen) atoms. The molecule has 8 heteroatoms. The van der Waals surface area contributed by atoms with Crippen molar-refractivity contribution in [3.63, 3.8) is 0 Å². The Hall–Kier alpha value is -5.26. The van der Waals surface area contributed by atoms with Gasteiger partial charge in [0.1, 0.15) is 11.5 Å². The van der Waals surface area contributed by atoms with Gasteiger partial charge in [0.15, 0.2) is 5.52 Å². The van der Waals surface area contributed by atoms with Gasteiger partial charge in [-0.05, 0) is 60.7 Å². The first-order valence-corrected chi connectivity index (χ1v) is 14.5. The second kappa shape index (κ2) is 10.4. The number of hydrogen-bond donors (Lipinski definition) is 1. The van der Waals surface area contributed by atoms with Crippen LogP contribution in [0, 0.1) is 26.0 Å². The van der Waals surface area contributed by atoms with Crippen molar-refractivity contribution < 1.29 is 30.4 Å². The van der Waals surface area contributed by atoms with Gasteiger partial charge in [0, 0.05) is 40.4 Å². The predicted molar refractivity (Wildman–Crippen MR) is 172 cm³/mol. The molecule has 5 aromatic heterocycles. The third kappa shape index (κ3) is 4.11. The minimum absolute atomic E-state index is 0. The van der Waals surface area contributed by atoms with Crippen molar-refractivity contribution in [2.45, 2.75) is 13.8 Å². The summed E-state index contributed by atoms with van der Waals surface area (Å²) in [6, 6.07) is 39.9. The molecule has 7 nitrogen and oxygen atoms in total. The summed E-state index contributed by atoms with van der Waals surface area (Å²) in [5, 5.41) is 2.23. The maximum atomic E-state index is 6.48. The smallest absolute Gasteiger partial charge is 0.509 e. The van der Waals surface area contributed by atoms with Gasteiger partial charge in [-0.2, -0.15) is 10.5 Å². The van der Waals surface area contributed by atoms with Crippen LogP contribution in [-0.4, -0.2) is 23.9 Å². The number of H-pyrrole nitrogens is 1. The minimum atomic E-state index is 0. The SMILES string of the molecule is Cc1cccc(C)c1-[n+]1c2ccc(Oc3[c-]c4c(cc3)c3ccccc3n4-c3ccccn3)[c-]c2n2c3ncccc3[nH]c21.[Pt+2]. The Morgan fingerprint density at radius 2 is 1.47 bits per heavy atom. The molecule has 0 bridgehead atoms. The Kier molecular flexibility index (Phi) is 6.33. The average Bonchev–Trinajstić information content (AvgIpc) is 3.68. The average molecular weight is 765 g/mol. The van der Waals surface area contributed by atoms with Gasteiger partial charge in [-0.1, -0.05) is 54.0 Å². The van der Waals surface area contributed by atoms with Gasteiger partial charge in [-0.25, -0.2) is 19.5 Å². The molecule has 1 N–H and O–H groups in total. The van der Waals surface area contributed by atoms with Crippen LogP contribution in [0.5, 0.6) is 11.5 Å². The molecule has 0 saturated carbocycles. The zero-order valence-corrected chi connectivity index (χ0v) is 26.6. The summed E-state index contributed by atoms with van der Waals surface area (Å²) in [4.78, 5) is 13.0. The maximum absolute atomic E-state index is 6.48. The quantitative estimate of drug-likeness (QED) is 0.147. The van der Waals surface area contributed by atoms with Crippen LogP contribution in [-0.2, 0) is 21.1 Å². The molecule has 0 amide bonds.